The maximum Gasteiger partial charge on any atom is 0.133 e. The van der Waals surface area contributed by atoms with Crippen LogP contribution in [0.2, 0.25) is 10.0 Å². The zero-order valence-electron chi connectivity index (χ0n) is 20.7. The number of phenolic OH excluding ortho intramolecular Hbond substituents is 1. The van der Waals surface area contributed by atoms with Gasteiger partial charge in [0.05, 0.1) is 21.3 Å². The molecule has 0 aliphatic heterocycles. The van der Waals surface area contributed by atoms with Crippen molar-refractivity contribution >= 4 is 45.3 Å². The van der Waals surface area contributed by atoms with Gasteiger partial charge in [0.15, 0.2) is 0 Å². The van der Waals surface area contributed by atoms with Crippen LogP contribution in [0.1, 0.15) is 38.3 Å². The van der Waals surface area contributed by atoms with Crippen molar-refractivity contribution < 1.29 is 5.11 Å². The molecule has 0 spiro atoms. The summed E-state index contributed by atoms with van der Waals surface area (Å²) in [6, 6.07) is 22.3. The smallest absolute Gasteiger partial charge is 0.133 e. The van der Waals surface area contributed by atoms with Crippen molar-refractivity contribution in [3.8, 4) is 38.7 Å². The van der Waals surface area contributed by atoms with E-state index in [4.69, 9.17) is 28.2 Å². The lowest BCUT2D eigenvalue weighted by Gasteiger charge is -2.26. The Morgan fingerprint density at radius 2 is 1.50 bits per heavy atom. The number of halogens is 2. The molecule has 5 heteroatoms. The molecule has 1 N–H and O–H groups in total. The quantitative estimate of drug-likeness (QED) is 0.244. The van der Waals surface area contributed by atoms with Crippen molar-refractivity contribution in [1.29, 1.82) is 0 Å². The molecule has 182 valence electrons. The average molecular weight is 533 g/mol. The minimum atomic E-state index is -0.0753. The van der Waals surface area contributed by atoms with Gasteiger partial charge < -0.3 is 5.11 Å². The monoisotopic (exact) mass is 531 g/mol. The van der Waals surface area contributed by atoms with Gasteiger partial charge in [0.2, 0.25) is 0 Å². The summed E-state index contributed by atoms with van der Waals surface area (Å²) >= 11 is 14.4. The molecular weight excluding hydrogens is 505 g/mol. The zero-order valence-corrected chi connectivity index (χ0v) is 23.0. The summed E-state index contributed by atoms with van der Waals surface area (Å²) < 4.78 is 0. The van der Waals surface area contributed by atoms with Crippen molar-refractivity contribution in [3.63, 3.8) is 0 Å². The lowest BCUT2D eigenvalue weighted by molar-refractivity contribution is 0.475. The van der Waals surface area contributed by atoms with Gasteiger partial charge in [-0.2, -0.15) is 0 Å². The van der Waals surface area contributed by atoms with Crippen LogP contribution >= 0.6 is 34.5 Å². The number of rotatable bonds is 5. The summed E-state index contributed by atoms with van der Waals surface area (Å²) in [7, 11) is 0. The lowest BCUT2D eigenvalue weighted by Crippen LogP contribution is -2.15. The summed E-state index contributed by atoms with van der Waals surface area (Å²) in [6.45, 7) is 8.75. The van der Waals surface area contributed by atoms with Gasteiger partial charge in [-0.25, -0.2) is 4.98 Å². The fourth-order valence-electron chi connectivity index (χ4n) is 4.50. The second-order valence-corrected chi connectivity index (χ2v) is 11.5. The Kier molecular flexibility index (Phi) is 6.59. The van der Waals surface area contributed by atoms with Gasteiger partial charge in [-0.15, -0.1) is 11.3 Å². The fourth-order valence-corrected chi connectivity index (χ4v) is 5.92. The van der Waals surface area contributed by atoms with Crippen LogP contribution in [0, 0.1) is 6.92 Å². The minimum absolute atomic E-state index is 0.0753. The summed E-state index contributed by atoms with van der Waals surface area (Å²) in [4.78, 5) is 4.88. The Bertz CT molecular complexity index is 1580. The number of aromatic nitrogens is 1. The number of aryl methyl sites for hydroxylation is 1. The summed E-state index contributed by atoms with van der Waals surface area (Å²) in [5.41, 5.74) is 6.17. The predicted molar refractivity (Wildman–Crippen MR) is 156 cm³/mol. The van der Waals surface area contributed by atoms with Crippen LogP contribution in [0.4, 0.5) is 0 Å². The zero-order chi connectivity index (χ0) is 25.6. The van der Waals surface area contributed by atoms with Crippen molar-refractivity contribution in [1.82, 2.24) is 4.98 Å². The first-order chi connectivity index (χ1) is 17.2. The number of hydrogen-bond acceptors (Lipinski definition) is 3. The van der Waals surface area contributed by atoms with Crippen LogP contribution in [-0.4, -0.2) is 10.1 Å². The first-order valence-corrected chi connectivity index (χ1v) is 13.6. The molecular formula is C31H27Cl2NOS. The molecule has 0 aliphatic rings. The Morgan fingerprint density at radius 3 is 2.17 bits per heavy atom. The highest BCUT2D eigenvalue weighted by Gasteiger charge is 2.25. The summed E-state index contributed by atoms with van der Waals surface area (Å²) in [6.07, 6.45) is 0.964. The molecule has 4 aromatic carbocycles. The molecule has 0 amide bonds. The molecule has 1 aromatic heterocycles. The summed E-state index contributed by atoms with van der Waals surface area (Å²) in [5, 5.41) is 17.8. The molecule has 5 rings (SSSR count). The highest BCUT2D eigenvalue weighted by atomic mass is 35.5. The van der Waals surface area contributed by atoms with Crippen LogP contribution in [0.25, 0.3) is 43.7 Å². The molecule has 0 saturated carbocycles. The Morgan fingerprint density at radius 1 is 0.861 bits per heavy atom. The normalized spacial score (nSPS) is 11.8. The van der Waals surface area contributed by atoms with Gasteiger partial charge in [-0.3, -0.25) is 0 Å². The molecule has 2 nitrogen and oxygen atoms in total. The van der Waals surface area contributed by atoms with Gasteiger partial charge in [0.25, 0.3) is 0 Å². The van der Waals surface area contributed by atoms with Crippen molar-refractivity contribution in [2.24, 2.45) is 0 Å². The van der Waals surface area contributed by atoms with Crippen LogP contribution < -0.4 is 0 Å². The Labute approximate surface area is 226 Å². The van der Waals surface area contributed by atoms with Gasteiger partial charge >= 0.3 is 0 Å². The van der Waals surface area contributed by atoms with E-state index in [1.807, 2.05) is 35.7 Å². The third-order valence-electron chi connectivity index (χ3n) is 7.11. The van der Waals surface area contributed by atoms with Crippen molar-refractivity contribution in [3.05, 3.63) is 93.3 Å². The third kappa shape index (κ3) is 4.41. The molecule has 0 unspecified atom stereocenters. The molecule has 0 radical (unpaired) electrons. The van der Waals surface area contributed by atoms with Crippen LogP contribution in [-0.2, 0) is 5.41 Å². The lowest BCUT2D eigenvalue weighted by atomic mass is 9.79. The molecule has 36 heavy (non-hydrogen) atoms. The Hall–Kier alpha value is -2.85. The minimum Gasteiger partial charge on any atom is -0.507 e. The number of benzene rings is 4. The van der Waals surface area contributed by atoms with E-state index >= 15 is 0 Å². The Balaban J connectivity index is 1.74. The number of nitrogens with zero attached hydrogens (tertiary/aromatic N) is 1. The molecule has 0 aliphatic carbocycles. The van der Waals surface area contributed by atoms with Gasteiger partial charge in [-0.1, -0.05) is 80.4 Å². The highest BCUT2D eigenvalue weighted by Crippen LogP contribution is 2.46. The molecule has 0 atom stereocenters. The molecule has 0 bridgehead atoms. The van der Waals surface area contributed by atoms with Gasteiger partial charge in [0.1, 0.15) is 10.8 Å². The number of hydrogen-bond donors (Lipinski definition) is 1. The van der Waals surface area contributed by atoms with E-state index in [1.54, 1.807) is 0 Å². The van der Waals surface area contributed by atoms with Gasteiger partial charge in [-0.05, 0) is 76.6 Å². The SMILES string of the molecule is CCC(C)(C)c1cc(-c2nc(-c3c(Cl)cccc3Cl)cs2)c(O)c(-c2cc3ccccc3cc2C)c1. The van der Waals surface area contributed by atoms with Crippen LogP contribution in [0.15, 0.2) is 72.1 Å². The molecule has 5 aromatic rings. The number of thiazole rings is 1. The van der Waals surface area contributed by atoms with Crippen molar-refractivity contribution in [2.45, 2.75) is 39.5 Å². The van der Waals surface area contributed by atoms with E-state index in [9.17, 15) is 5.11 Å². The fraction of sp³-hybridized carbons (Fsp3) is 0.194. The number of phenols is 1. The van der Waals surface area contributed by atoms with E-state index in [0.717, 1.165) is 44.6 Å². The predicted octanol–water partition coefficient (Wildman–Crippen LogP) is 10.3. The van der Waals surface area contributed by atoms with Crippen molar-refractivity contribution in [2.75, 3.05) is 0 Å². The largest absolute Gasteiger partial charge is 0.507 e. The first-order valence-electron chi connectivity index (χ1n) is 12.0. The molecule has 0 saturated heterocycles. The summed E-state index contributed by atoms with van der Waals surface area (Å²) in [5.74, 6) is 0.232. The maximum absolute atomic E-state index is 11.7. The second-order valence-electron chi connectivity index (χ2n) is 9.81. The molecule has 0 fully saturated rings. The van der Waals surface area contributed by atoms with E-state index in [2.05, 4.69) is 64.1 Å². The van der Waals surface area contributed by atoms with E-state index < -0.39 is 0 Å². The standard InChI is InChI=1S/C31H27Cl2NOS/c1-5-31(3,4)21-15-23(22-14-20-10-7-6-9-19(20)13-18(22)2)29(35)24(16-21)30-34-27(17-36-30)28-25(32)11-8-12-26(28)33/h6-17,35H,5H2,1-4H3. The third-order valence-corrected chi connectivity index (χ3v) is 8.62. The first kappa shape index (κ1) is 24.8. The van der Waals surface area contributed by atoms with E-state index in [1.165, 1.54) is 16.7 Å². The van der Waals surface area contributed by atoms with Crippen LogP contribution in [0.5, 0.6) is 5.75 Å². The topological polar surface area (TPSA) is 33.1 Å². The van der Waals surface area contributed by atoms with E-state index in [0.29, 0.717) is 21.3 Å². The number of fused-ring (bicyclic) bond motifs is 1. The maximum atomic E-state index is 11.7. The van der Waals surface area contributed by atoms with E-state index in [-0.39, 0.29) is 11.2 Å². The van der Waals surface area contributed by atoms with Crippen LogP contribution in [0.3, 0.4) is 0 Å². The average Bonchev–Trinajstić information content (AvgIpc) is 3.33. The van der Waals surface area contributed by atoms with Gasteiger partial charge in [0, 0.05) is 16.5 Å². The second kappa shape index (κ2) is 9.55. The highest BCUT2D eigenvalue weighted by molar-refractivity contribution is 7.13. The number of aromatic hydroxyl groups is 1. The molecule has 1 heterocycles.